The highest BCUT2D eigenvalue weighted by Crippen LogP contribution is 2.29. The molecular weight excluding hydrogens is 270 g/mol. The van der Waals surface area contributed by atoms with Gasteiger partial charge in [0.2, 0.25) is 0 Å². The van der Waals surface area contributed by atoms with Crippen molar-refractivity contribution in [3.63, 3.8) is 0 Å². The number of nitrogens with one attached hydrogen (secondary N) is 1. The number of carboxylic acid groups (broad SMARTS) is 1. The normalized spacial score (nSPS) is 10.9. The second kappa shape index (κ2) is 4.29. The SMILES string of the molecule is Cc1ccc(Br)c2c(CCC(=O)O)c[nH]c12. The lowest BCUT2D eigenvalue weighted by Gasteiger charge is -2.01. The number of hydrogen-bond acceptors (Lipinski definition) is 1. The maximum atomic E-state index is 10.6. The maximum absolute atomic E-state index is 10.6. The molecule has 0 saturated heterocycles. The molecule has 4 heteroatoms. The number of H-pyrrole nitrogens is 1. The molecule has 0 spiro atoms. The van der Waals surface area contributed by atoms with E-state index < -0.39 is 5.97 Å². The molecular formula is C12H12BrNO2. The van der Waals surface area contributed by atoms with Crippen LogP contribution in [-0.4, -0.2) is 16.1 Å². The van der Waals surface area contributed by atoms with E-state index in [9.17, 15) is 4.79 Å². The van der Waals surface area contributed by atoms with Crippen LogP contribution < -0.4 is 0 Å². The smallest absolute Gasteiger partial charge is 0.303 e. The number of aryl methyl sites for hydroxylation is 2. The summed E-state index contributed by atoms with van der Waals surface area (Å²) in [5.41, 5.74) is 3.29. The van der Waals surface area contributed by atoms with Crippen LogP contribution in [0, 0.1) is 6.92 Å². The Morgan fingerprint density at radius 2 is 2.25 bits per heavy atom. The first kappa shape index (κ1) is 11.2. The molecule has 0 bridgehead atoms. The van der Waals surface area contributed by atoms with E-state index in [1.165, 1.54) is 5.56 Å². The Morgan fingerprint density at radius 3 is 2.94 bits per heavy atom. The molecule has 16 heavy (non-hydrogen) atoms. The largest absolute Gasteiger partial charge is 0.481 e. The van der Waals surface area contributed by atoms with Crippen molar-refractivity contribution in [3.05, 3.63) is 33.9 Å². The number of fused-ring (bicyclic) bond motifs is 1. The van der Waals surface area contributed by atoms with E-state index in [4.69, 9.17) is 5.11 Å². The number of hydrogen-bond donors (Lipinski definition) is 2. The minimum absolute atomic E-state index is 0.160. The number of carbonyl (C=O) groups is 1. The number of halogens is 1. The van der Waals surface area contributed by atoms with Gasteiger partial charge in [-0.25, -0.2) is 0 Å². The van der Waals surface area contributed by atoms with Crippen molar-refractivity contribution in [2.45, 2.75) is 19.8 Å². The van der Waals surface area contributed by atoms with E-state index >= 15 is 0 Å². The summed E-state index contributed by atoms with van der Waals surface area (Å²) in [5, 5.41) is 9.78. The van der Waals surface area contributed by atoms with E-state index in [0.29, 0.717) is 6.42 Å². The molecule has 0 aliphatic carbocycles. The van der Waals surface area contributed by atoms with Crippen LogP contribution in [0.3, 0.4) is 0 Å². The third-order valence-electron chi connectivity index (χ3n) is 2.68. The van der Waals surface area contributed by atoms with E-state index in [-0.39, 0.29) is 6.42 Å². The van der Waals surface area contributed by atoms with Crippen molar-refractivity contribution >= 4 is 32.8 Å². The summed E-state index contributed by atoms with van der Waals surface area (Å²) in [6, 6.07) is 4.03. The number of rotatable bonds is 3. The van der Waals surface area contributed by atoms with Gasteiger partial charge < -0.3 is 10.1 Å². The summed E-state index contributed by atoms with van der Waals surface area (Å²) in [4.78, 5) is 13.8. The third kappa shape index (κ3) is 1.97. The van der Waals surface area contributed by atoms with Crippen LogP contribution in [0.2, 0.25) is 0 Å². The topological polar surface area (TPSA) is 53.1 Å². The quantitative estimate of drug-likeness (QED) is 0.907. The van der Waals surface area contributed by atoms with Gasteiger partial charge in [-0.05, 0) is 30.5 Å². The molecule has 0 fully saturated rings. The summed E-state index contributed by atoms with van der Waals surface area (Å²) in [6.45, 7) is 2.03. The van der Waals surface area contributed by atoms with Crippen LogP contribution in [0.4, 0.5) is 0 Å². The summed E-state index contributed by atoms with van der Waals surface area (Å²) in [5.74, 6) is -0.766. The third-order valence-corrected chi connectivity index (χ3v) is 3.34. The first-order valence-electron chi connectivity index (χ1n) is 5.06. The average Bonchev–Trinajstić information content (AvgIpc) is 2.65. The molecule has 1 aromatic heterocycles. The summed E-state index contributed by atoms with van der Waals surface area (Å²) in [6.07, 6.45) is 2.61. The molecule has 0 radical (unpaired) electrons. The van der Waals surface area contributed by atoms with E-state index in [1.54, 1.807) is 0 Å². The second-order valence-corrected chi connectivity index (χ2v) is 4.68. The van der Waals surface area contributed by atoms with Crippen molar-refractivity contribution in [2.24, 2.45) is 0 Å². The highest BCUT2D eigenvalue weighted by molar-refractivity contribution is 9.10. The lowest BCUT2D eigenvalue weighted by molar-refractivity contribution is -0.136. The van der Waals surface area contributed by atoms with Crippen molar-refractivity contribution in [1.29, 1.82) is 0 Å². The van der Waals surface area contributed by atoms with E-state index in [2.05, 4.69) is 20.9 Å². The van der Waals surface area contributed by atoms with Gasteiger partial charge in [0, 0.05) is 28.0 Å². The lowest BCUT2D eigenvalue weighted by atomic mass is 10.1. The summed E-state index contributed by atoms with van der Waals surface area (Å²) >= 11 is 3.50. The molecule has 0 saturated carbocycles. The second-order valence-electron chi connectivity index (χ2n) is 3.82. The molecule has 0 aliphatic heterocycles. The minimum atomic E-state index is -0.766. The van der Waals surface area contributed by atoms with Gasteiger partial charge in [0.1, 0.15) is 0 Å². The standard InChI is InChI=1S/C12H12BrNO2/c1-7-2-4-9(13)11-8(3-5-10(15)16)6-14-12(7)11/h2,4,6,14H,3,5H2,1H3,(H,15,16). The Balaban J connectivity index is 2.47. The number of aromatic nitrogens is 1. The molecule has 2 rings (SSSR count). The Morgan fingerprint density at radius 1 is 1.50 bits per heavy atom. The average molecular weight is 282 g/mol. The van der Waals surface area contributed by atoms with Gasteiger partial charge in [0.05, 0.1) is 0 Å². The number of benzene rings is 1. The van der Waals surface area contributed by atoms with E-state index in [0.717, 1.165) is 20.9 Å². The fourth-order valence-corrected chi connectivity index (χ4v) is 2.44. The minimum Gasteiger partial charge on any atom is -0.481 e. The van der Waals surface area contributed by atoms with E-state index in [1.807, 2.05) is 25.3 Å². The number of aliphatic carboxylic acids is 1. The molecule has 0 aliphatic rings. The van der Waals surface area contributed by atoms with Crippen molar-refractivity contribution < 1.29 is 9.90 Å². The van der Waals surface area contributed by atoms with Crippen LogP contribution in [0.25, 0.3) is 10.9 Å². The highest BCUT2D eigenvalue weighted by atomic mass is 79.9. The number of carboxylic acids is 1. The Bertz CT molecular complexity index is 545. The van der Waals surface area contributed by atoms with Crippen LogP contribution in [-0.2, 0) is 11.2 Å². The van der Waals surface area contributed by atoms with Crippen LogP contribution in [0.15, 0.2) is 22.8 Å². The zero-order chi connectivity index (χ0) is 11.7. The Hall–Kier alpha value is -1.29. The van der Waals surface area contributed by atoms with Gasteiger partial charge in [-0.1, -0.05) is 22.0 Å². The molecule has 1 heterocycles. The van der Waals surface area contributed by atoms with Gasteiger partial charge >= 0.3 is 5.97 Å². The van der Waals surface area contributed by atoms with Gasteiger partial charge in [0.15, 0.2) is 0 Å². The van der Waals surface area contributed by atoms with Crippen molar-refractivity contribution in [1.82, 2.24) is 4.98 Å². The molecule has 2 aromatic rings. The van der Waals surface area contributed by atoms with Gasteiger partial charge in [0.25, 0.3) is 0 Å². The maximum Gasteiger partial charge on any atom is 0.303 e. The Kier molecular flexibility index (Phi) is 3.01. The van der Waals surface area contributed by atoms with Gasteiger partial charge in [-0.15, -0.1) is 0 Å². The molecule has 0 atom stereocenters. The van der Waals surface area contributed by atoms with Crippen LogP contribution in [0.5, 0.6) is 0 Å². The van der Waals surface area contributed by atoms with Crippen molar-refractivity contribution in [2.75, 3.05) is 0 Å². The monoisotopic (exact) mass is 281 g/mol. The fraction of sp³-hybridized carbons (Fsp3) is 0.250. The highest BCUT2D eigenvalue weighted by Gasteiger charge is 2.10. The lowest BCUT2D eigenvalue weighted by Crippen LogP contribution is -1.96. The zero-order valence-electron chi connectivity index (χ0n) is 8.88. The van der Waals surface area contributed by atoms with Crippen molar-refractivity contribution in [3.8, 4) is 0 Å². The number of aromatic amines is 1. The fourth-order valence-electron chi connectivity index (χ4n) is 1.85. The summed E-state index contributed by atoms with van der Waals surface area (Å²) < 4.78 is 1.01. The molecule has 0 unspecified atom stereocenters. The summed E-state index contributed by atoms with van der Waals surface area (Å²) in [7, 11) is 0. The van der Waals surface area contributed by atoms with Crippen LogP contribution in [0.1, 0.15) is 17.5 Å². The molecule has 3 nitrogen and oxygen atoms in total. The molecule has 2 N–H and O–H groups in total. The molecule has 1 aromatic carbocycles. The first-order chi connectivity index (χ1) is 7.59. The predicted octanol–water partition coefficient (Wildman–Crippen LogP) is 3.26. The molecule has 0 amide bonds. The molecule has 84 valence electrons. The van der Waals surface area contributed by atoms with Crippen LogP contribution >= 0.6 is 15.9 Å². The Labute approximate surface area is 102 Å². The van der Waals surface area contributed by atoms with Gasteiger partial charge in [-0.2, -0.15) is 0 Å². The predicted molar refractivity (Wildman–Crippen MR) is 66.7 cm³/mol. The zero-order valence-corrected chi connectivity index (χ0v) is 10.5. The first-order valence-corrected chi connectivity index (χ1v) is 5.85. The van der Waals surface area contributed by atoms with Gasteiger partial charge in [-0.3, -0.25) is 4.79 Å².